The number of fused-ring (bicyclic) bond motifs is 1. The van der Waals surface area contributed by atoms with Gasteiger partial charge in [0.1, 0.15) is 18.4 Å². The molecule has 2 aromatic rings. The molecular weight excluding hydrogens is 276 g/mol. The number of anilines is 1. The predicted molar refractivity (Wildman–Crippen MR) is 78.7 cm³/mol. The normalized spacial score (nSPS) is 14.7. The van der Waals surface area contributed by atoms with Crippen LogP contribution in [0.1, 0.15) is 18.5 Å². The summed E-state index contributed by atoms with van der Waals surface area (Å²) in [7, 11) is 0. The molecule has 1 unspecified atom stereocenters. The van der Waals surface area contributed by atoms with Crippen LogP contribution in [0.15, 0.2) is 36.5 Å². The second-order valence-corrected chi connectivity index (χ2v) is 5.02. The fourth-order valence-electron chi connectivity index (χ4n) is 2.15. The van der Waals surface area contributed by atoms with Crippen LogP contribution in [0.25, 0.3) is 0 Å². The van der Waals surface area contributed by atoms with E-state index >= 15 is 0 Å². The molecule has 1 aliphatic heterocycles. The number of nitrogens with zero attached hydrogens (tertiary/aromatic N) is 1. The third-order valence-electron chi connectivity index (χ3n) is 3.18. The highest BCUT2D eigenvalue weighted by Crippen LogP contribution is 2.33. The van der Waals surface area contributed by atoms with Crippen LogP contribution in [-0.4, -0.2) is 18.2 Å². The van der Waals surface area contributed by atoms with Crippen LogP contribution in [0, 0.1) is 0 Å². The van der Waals surface area contributed by atoms with E-state index < -0.39 is 0 Å². The van der Waals surface area contributed by atoms with E-state index in [0.717, 1.165) is 22.7 Å². The van der Waals surface area contributed by atoms with Crippen LogP contribution in [-0.2, 0) is 0 Å². The molecule has 0 fully saturated rings. The zero-order chi connectivity index (χ0) is 13.9. The second-order valence-electron chi connectivity index (χ2n) is 4.64. The molecule has 0 amide bonds. The number of rotatable bonds is 3. The quantitative estimate of drug-likeness (QED) is 0.876. The number of pyridine rings is 1. The van der Waals surface area contributed by atoms with Crippen molar-refractivity contribution in [3.05, 3.63) is 47.2 Å². The molecule has 3 rings (SSSR count). The Hall–Kier alpha value is -1.94. The van der Waals surface area contributed by atoms with Crippen molar-refractivity contribution in [1.29, 1.82) is 0 Å². The minimum atomic E-state index is 0.129. The van der Waals surface area contributed by atoms with Gasteiger partial charge in [0.05, 0.1) is 0 Å². The Bertz CT molecular complexity index is 619. The smallest absolute Gasteiger partial charge is 0.161 e. The number of halogens is 1. The van der Waals surface area contributed by atoms with Crippen molar-refractivity contribution in [1.82, 2.24) is 4.98 Å². The molecule has 2 heterocycles. The SMILES string of the molecule is CC(Nc1ccnc(Cl)c1)c1ccc2c(c1)OCCO2. The van der Waals surface area contributed by atoms with Gasteiger partial charge in [0.2, 0.25) is 0 Å². The highest BCUT2D eigenvalue weighted by molar-refractivity contribution is 6.29. The molecule has 5 heteroatoms. The number of hydrogen-bond donors (Lipinski definition) is 1. The lowest BCUT2D eigenvalue weighted by atomic mass is 10.1. The Balaban J connectivity index is 1.78. The molecule has 1 aromatic heterocycles. The van der Waals surface area contributed by atoms with Gasteiger partial charge in [-0.05, 0) is 36.8 Å². The first-order valence-corrected chi connectivity index (χ1v) is 6.88. The van der Waals surface area contributed by atoms with Crippen LogP contribution in [0.5, 0.6) is 11.5 Å². The average molecular weight is 291 g/mol. The van der Waals surface area contributed by atoms with E-state index in [1.165, 1.54) is 0 Å². The fourth-order valence-corrected chi connectivity index (χ4v) is 2.33. The molecule has 104 valence electrons. The van der Waals surface area contributed by atoms with Gasteiger partial charge in [0.25, 0.3) is 0 Å². The molecule has 1 aromatic carbocycles. The van der Waals surface area contributed by atoms with Crippen LogP contribution in [0.2, 0.25) is 5.15 Å². The standard InChI is InChI=1S/C15H15ClN2O2/c1-10(18-12-4-5-17-15(16)9-12)11-2-3-13-14(8-11)20-7-6-19-13/h2-5,8-10H,6-7H2,1H3,(H,17,18). The first-order valence-electron chi connectivity index (χ1n) is 6.50. The van der Waals surface area contributed by atoms with Crippen LogP contribution in [0.4, 0.5) is 5.69 Å². The number of nitrogens with one attached hydrogen (secondary N) is 1. The highest BCUT2D eigenvalue weighted by atomic mass is 35.5. The van der Waals surface area contributed by atoms with Gasteiger partial charge in [-0.25, -0.2) is 4.98 Å². The topological polar surface area (TPSA) is 43.4 Å². The molecule has 4 nitrogen and oxygen atoms in total. The number of aromatic nitrogens is 1. The van der Waals surface area contributed by atoms with E-state index in [1.54, 1.807) is 12.3 Å². The minimum Gasteiger partial charge on any atom is -0.486 e. The summed E-state index contributed by atoms with van der Waals surface area (Å²) >= 11 is 5.88. The van der Waals surface area contributed by atoms with Gasteiger partial charge in [-0.1, -0.05) is 17.7 Å². The van der Waals surface area contributed by atoms with Crippen molar-refractivity contribution in [2.24, 2.45) is 0 Å². The largest absolute Gasteiger partial charge is 0.486 e. The summed E-state index contributed by atoms with van der Waals surface area (Å²) in [6, 6.07) is 9.81. The van der Waals surface area contributed by atoms with Crippen molar-refractivity contribution in [3.8, 4) is 11.5 Å². The molecule has 0 aliphatic carbocycles. The highest BCUT2D eigenvalue weighted by Gasteiger charge is 2.14. The lowest BCUT2D eigenvalue weighted by Gasteiger charge is -2.21. The van der Waals surface area contributed by atoms with Crippen LogP contribution >= 0.6 is 11.6 Å². The van der Waals surface area contributed by atoms with E-state index in [2.05, 4.69) is 17.2 Å². The first kappa shape index (κ1) is 13.1. The van der Waals surface area contributed by atoms with Gasteiger partial charge in [-0.2, -0.15) is 0 Å². The molecule has 0 radical (unpaired) electrons. The van der Waals surface area contributed by atoms with E-state index in [0.29, 0.717) is 18.4 Å². The minimum absolute atomic E-state index is 0.129. The summed E-state index contributed by atoms with van der Waals surface area (Å²) in [5.74, 6) is 1.61. The summed E-state index contributed by atoms with van der Waals surface area (Å²) < 4.78 is 11.1. The summed E-state index contributed by atoms with van der Waals surface area (Å²) in [5, 5.41) is 3.86. The summed E-state index contributed by atoms with van der Waals surface area (Å²) in [4.78, 5) is 3.97. The molecule has 0 saturated carbocycles. The second kappa shape index (κ2) is 5.59. The fraction of sp³-hybridized carbons (Fsp3) is 0.267. The van der Waals surface area contributed by atoms with E-state index in [1.807, 2.05) is 24.3 Å². The third kappa shape index (κ3) is 2.80. The van der Waals surface area contributed by atoms with Gasteiger partial charge < -0.3 is 14.8 Å². The number of benzene rings is 1. The van der Waals surface area contributed by atoms with Gasteiger partial charge in [-0.15, -0.1) is 0 Å². The molecule has 1 atom stereocenters. The van der Waals surface area contributed by atoms with Crippen molar-refractivity contribution in [3.63, 3.8) is 0 Å². The summed E-state index contributed by atoms with van der Waals surface area (Å²) in [6.45, 7) is 3.29. The maximum Gasteiger partial charge on any atom is 0.161 e. The van der Waals surface area contributed by atoms with Gasteiger partial charge in [-0.3, -0.25) is 0 Å². The Morgan fingerprint density at radius 1 is 1.15 bits per heavy atom. The summed E-state index contributed by atoms with van der Waals surface area (Å²) in [5.41, 5.74) is 2.06. The maximum absolute atomic E-state index is 5.88. The Morgan fingerprint density at radius 3 is 2.75 bits per heavy atom. The molecule has 20 heavy (non-hydrogen) atoms. The van der Waals surface area contributed by atoms with E-state index in [4.69, 9.17) is 21.1 Å². The Morgan fingerprint density at radius 2 is 1.95 bits per heavy atom. The zero-order valence-electron chi connectivity index (χ0n) is 11.1. The van der Waals surface area contributed by atoms with E-state index in [9.17, 15) is 0 Å². The Labute approximate surface area is 122 Å². The molecule has 1 N–H and O–H groups in total. The van der Waals surface area contributed by atoms with Crippen molar-refractivity contribution in [2.45, 2.75) is 13.0 Å². The predicted octanol–water partition coefficient (Wildman–Crippen LogP) is 3.68. The number of ether oxygens (including phenoxy) is 2. The monoisotopic (exact) mass is 290 g/mol. The maximum atomic E-state index is 5.88. The molecular formula is C15H15ClN2O2. The molecule has 0 bridgehead atoms. The van der Waals surface area contributed by atoms with Gasteiger partial charge >= 0.3 is 0 Å². The summed E-state index contributed by atoms with van der Waals surface area (Å²) in [6.07, 6.45) is 1.68. The average Bonchev–Trinajstić information content (AvgIpc) is 2.47. The van der Waals surface area contributed by atoms with Crippen LogP contribution in [0.3, 0.4) is 0 Å². The van der Waals surface area contributed by atoms with E-state index in [-0.39, 0.29) is 6.04 Å². The van der Waals surface area contributed by atoms with Gasteiger partial charge in [0.15, 0.2) is 11.5 Å². The molecule has 0 saturated heterocycles. The van der Waals surface area contributed by atoms with Crippen molar-refractivity contribution >= 4 is 17.3 Å². The lowest BCUT2D eigenvalue weighted by Crippen LogP contribution is -2.16. The van der Waals surface area contributed by atoms with Gasteiger partial charge in [0, 0.05) is 17.9 Å². The molecule has 0 spiro atoms. The van der Waals surface area contributed by atoms with Crippen LogP contribution < -0.4 is 14.8 Å². The number of hydrogen-bond acceptors (Lipinski definition) is 4. The van der Waals surface area contributed by atoms with Crippen molar-refractivity contribution in [2.75, 3.05) is 18.5 Å². The third-order valence-corrected chi connectivity index (χ3v) is 3.38. The first-order chi connectivity index (χ1) is 9.72. The zero-order valence-corrected chi connectivity index (χ0v) is 11.9. The Kier molecular flexibility index (Phi) is 3.65. The van der Waals surface area contributed by atoms with Crippen molar-refractivity contribution < 1.29 is 9.47 Å². The lowest BCUT2D eigenvalue weighted by molar-refractivity contribution is 0.171. The molecule has 1 aliphatic rings.